The van der Waals surface area contributed by atoms with Crippen LogP contribution in [-0.4, -0.2) is 18.0 Å². The van der Waals surface area contributed by atoms with Gasteiger partial charge in [-0.3, -0.25) is 9.78 Å². The van der Waals surface area contributed by atoms with Crippen molar-refractivity contribution >= 4 is 57.1 Å². The largest absolute Gasteiger partial charge is 0.495 e. The quantitative estimate of drug-likeness (QED) is 0.494. The Morgan fingerprint density at radius 3 is 2.77 bits per heavy atom. The van der Waals surface area contributed by atoms with Crippen LogP contribution in [0.15, 0.2) is 36.5 Å². The molecule has 0 unspecified atom stereocenters. The van der Waals surface area contributed by atoms with Crippen LogP contribution in [-0.2, 0) is 4.79 Å². The Morgan fingerprint density at radius 1 is 1.27 bits per heavy atom. The first kappa shape index (κ1) is 21.3. The molecule has 0 atom stereocenters. The molecule has 150 valence electrons. The van der Waals surface area contributed by atoms with Crippen molar-refractivity contribution in [3.05, 3.63) is 52.1 Å². The van der Waals surface area contributed by atoms with Crippen molar-refractivity contribution in [2.75, 3.05) is 17.7 Å². The molecule has 0 saturated heterocycles. The SMILES string of the molecule is C#CCCC(=O)Nc1ccc2ncc(C#N)c(Nc3cc(OC)c(Cl)cc3Cl)c2c1. The maximum Gasteiger partial charge on any atom is 0.225 e. The van der Waals surface area contributed by atoms with Crippen LogP contribution in [0, 0.1) is 23.7 Å². The Kier molecular flexibility index (Phi) is 6.64. The fraction of sp³-hybridized carbons (Fsp3) is 0.136. The topological polar surface area (TPSA) is 87.0 Å². The number of rotatable bonds is 6. The fourth-order valence-electron chi connectivity index (χ4n) is 2.81. The number of halogens is 2. The predicted molar refractivity (Wildman–Crippen MR) is 119 cm³/mol. The third-order valence-corrected chi connectivity index (χ3v) is 4.88. The van der Waals surface area contributed by atoms with Gasteiger partial charge in [0.1, 0.15) is 11.8 Å². The smallest absolute Gasteiger partial charge is 0.225 e. The summed E-state index contributed by atoms with van der Waals surface area (Å²) < 4.78 is 5.25. The van der Waals surface area contributed by atoms with E-state index in [4.69, 9.17) is 34.4 Å². The van der Waals surface area contributed by atoms with Gasteiger partial charge in [-0.2, -0.15) is 5.26 Å². The molecule has 0 spiro atoms. The zero-order valence-corrected chi connectivity index (χ0v) is 17.4. The second kappa shape index (κ2) is 9.37. The van der Waals surface area contributed by atoms with Gasteiger partial charge in [-0.25, -0.2) is 0 Å². The molecule has 0 radical (unpaired) electrons. The van der Waals surface area contributed by atoms with Gasteiger partial charge in [-0.1, -0.05) is 23.2 Å². The standard InChI is InChI=1S/C22H16Cl2N4O2/c1-3-4-5-21(29)27-14-6-7-18-15(8-14)22(13(11-25)12-26-18)28-19-10-20(30-2)17(24)9-16(19)23/h1,6-10,12H,4-5H2,2H3,(H,26,28)(H,27,29). The van der Waals surface area contributed by atoms with E-state index in [0.29, 0.717) is 55.7 Å². The van der Waals surface area contributed by atoms with Crippen LogP contribution in [0.2, 0.25) is 10.0 Å². The number of ether oxygens (including phenoxy) is 1. The van der Waals surface area contributed by atoms with Gasteiger partial charge in [-0.05, 0) is 24.3 Å². The first-order valence-corrected chi connectivity index (χ1v) is 9.58. The number of pyridine rings is 1. The molecule has 0 aliphatic carbocycles. The van der Waals surface area contributed by atoms with Crippen molar-refractivity contribution in [2.24, 2.45) is 0 Å². The molecule has 0 bridgehead atoms. The van der Waals surface area contributed by atoms with Gasteiger partial charge in [0.25, 0.3) is 0 Å². The first-order valence-electron chi connectivity index (χ1n) is 8.83. The van der Waals surface area contributed by atoms with Gasteiger partial charge >= 0.3 is 0 Å². The number of anilines is 3. The Bertz CT molecular complexity index is 1210. The van der Waals surface area contributed by atoms with Gasteiger partial charge in [0.2, 0.25) is 5.91 Å². The number of terminal acetylenes is 1. The number of carbonyl (C=O) groups excluding carboxylic acids is 1. The lowest BCUT2D eigenvalue weighted by atomic mass is 10.1. The third kappa shape index (κ3) is 4.58. The minimum atomic E-state index is -0.198. The lowest BCUT2D eigenvalue weighted by Gasteiger charge is -2.15. The van der Waals surface area contributed by atoms with Crippen LogP contribution in [0.4, 0.5) is 17.1 Å². The second-order valence-electron chi connectivity index (χ2n) is 6.23. The molecular weight excluding hydrogens is 423 g/mol. The number of nitrogens with zero attached hydrogens (tertiary/aromatic N) is 2. The minimum absolute atomic E-state index is 0.198. The summed E-state index contributed by atoms with van der Waals surface area (Å²) in [5, 5.41) is 16.9. The average molecular weight is 439 g/mol. The summed E-state index contributed by atoms with van der Waals surface area (Å²) in [6, 6.07) is 10.5. The summed E-state index contributed by atoms with van der Waals surface area (Å²) in [6.45, 7) is 0. The summed E-state index contributed by atoms with van der Waals surface area (Å²) in [6.07, 6.45) is 7.24. The molecule has 1 amide bonds. The van der Waals surface area contributed by atoms with Gasteiger partial charge in [0, 0.05) is 36.2 Å². The zero-order chi connectivity index (χ0) is 21.7. The predicted octanol–water partition coefficient (Wildman–Crippen LogP) is 5.52. The van der Waals surface area contributed by atoms with Crippen LogP contribution >= 0.6 is 23.2 Å². The summed E-state index contributed by atoms with van der Waals surface area (Å²) in [7, 11) is 1.50. The van der Waals surface area contributed by atoms with Crippen molar-refractivity contribution in [1.82, 2.24) is 4.98 Å². The summed E-state index contributed by atoms with van der Waals surface area (Å²) in [5.74, 6) is 2.67. The zero-order valence-electron chi connectivity index (χ0n) is 15.9. The number of amides is 1. The number of benzene rings is 2. The molecule has 3 aromatic rings. The van der Waals surface area contributed by atoms with Crippen molar-refractivity contribution in [1.29, 1.82) is 5.26 Å². The highest BCUT2D eigenvalue weighted by atomic mass is 35.5. The van der Waals surface area contributed by atoms with Crippen LogP contribution in [0.25, 0.3) is 10.9 Å². The molecule has 1 aromatic heterocycles. The van der Waals surface area contributed by atoms with Crippen LogP contribution in [0.5, 0.6) is 5.75 Å². The lowest BCUT2D eigenvalue weighted by Crippen LogP contribution is -2.10. The van der Waals surface area contributed by atoms with Gasteiger partial charge in [-0.15, -0.1) is 12.3 Å². The number of hydrogen-bond donors (Lipinski definition) is 2. The second-order valence-corrected chi connectivity index (χ2v) is 7.05. The molecule has 3 rings (SSSR count). The highest BCUT2D eigenvalue weighted by molar-refractivity contribution is 6.37. The van der Waals surface area contributed by atoms with E-state index in [1.54, 1.807) is 30.3 Å². The molecule has 0 aliphatic rings. The Hall–Kier alpha value is -3.45. The van der Waals surface area contributed by atoms with Crippen LogP contribution in [0.3, 0.4) is 0 Å². The molecule has 6 nitrogen and oxygen atoms in total. The summed E-state index contributed by atoms with van der Waals surface area (Å²) >= 11 is 12.4. The number of hydrogen-bond acceptors (Lipinski definition) is 5. The number of aromatic nitrogens is 1. The van der Waals surface area contributed by atoms with Gasteiger partial charge < -0.3 is 15.4 Å². The number of carbonyl (C=O) groups is 1. The van der Waals surface area contributed by atoms with Crippen molar-refractivity contribution in [3.8, 4) is 24.2 Å². The van der Waals surface area contributed by atoms with E-state index in [9.17, 15) is 10.1 Å². The summed E-state index contributed by atoms with van der Waals surface area (Å²) in [5.41, 5.74) is 2.50. The summed E-state index contributed by atoms with van der Waals surface area (Å²) in [4.78, 5) is 16.3. The van der Waals surface area contributed by atoms with E-state index in [1.807, 2.05) is 0 Å². The molecule has 0 saturated carbocycles. The van der Waals surface area contributed by atoms with E-state index in [0.717, 1.165) is 0 Å². The molecular formula is C22H16Cl2N4O2. The third-order valence-electron chi connectivity index (χ3n) is 4.27. The van der Waals surface area contributed by atoms with E-state index in [2.05, 4.69) is 27.6 Å². The lowest BCUT2D eigenvalue weighted by molar-refractivity contribution is -0.116. The highest BCUT2D eigenvalue weighted by Gasteiger charge is 2.14. The maximum absolute atomic E-state index is 12.0. The van der Waals surface area contributed by atoms with Crippen LogP contribution in [0.1, 0.15) is 18.4 Å². The Balaban J connectivity index is 2.06. The monoisotopic (exact) mass is 438 g/mol. The molecule has 30 heavy (non-hydrogen) atoms. The van der Waals surface area contributed by atoms with E-state index < -0.39 is 0 Å². The molecule has 2 N–H and O–H groups in total. The van der Waals surface area contributed by atoms with E-state index in [1.165, 1.54) is 13.3 Å². The molecule has 8 heteroatoms. The highest BCUT2D eigenvalue weighted by Crippen LogP contribution is 2.38. The number of nitriles is 1. The van der Waals surface area contributed by atoms with Crippen molar-refractivity contribution in [3.63, 3.8) is 0 Å². The van der Waals surface area contributed by atoms with Crippen molar-refractivity contribution in [2.45, 2.75) is 12.8 Å². The Morgan fingerprint density at radius 2 is 2.07 bits per heavy atom. The minimum Gasteiger partial charge on any atom is -0.495 e. The van der Waals surface area contributed by atoms with Gasteiger partial charge in [0.15, 0.2) is 0 Å². The number of methoxy groups -OCH3 is 1. The number of fused-ring (bicyclic) bond motifs is 1. The van der Waals surface area contributed by atoms with Gasteiger partial charge in [0.05, 0.1) is 39.6 Å². The molecule has 1 heterocycles. The maximum atomic E-state index is 12.0. The number of nitrogens with one attached hydrogen (secondary N) is 2. The van der Waals surface area contributed by atoms with Crippen LogP contribution < -0.4 is 15.4 Å². The molecule has 2 aromatic carbocycles. The molecule has 0 fully saturated rings. The van der Waals surface area contributed by atoms with E-state index in [-0.39, 0.29) is 12.3 Å². The normalized spacial score (nSPS) is 10.2. The molecule has 0 aliphatic heterocycles. The average Bonchev–Trinajstić information content (AvgIpc) is 2.74. The van der Waals surface area contributed by atoms with Crippen molar-refractivity contribution < 1.29 is 9.53 Å². The fourth-order valence-corrected chi connectivity index (χ4v) is 3.32. The first-order chi connectivity index (χ1) is 14.5. The van der Waals surface area contributed by atoms with E-state index >= 15 is 0 Å². The Labute approximate surface area is 183 Å².